The normalized spacial score (nSPS) is 16.4. The number of nitrogens with two attached hydrogens (primary N) is 1. The number of rotatable bonds is 4. The molecule has 1 aromatic heterocycles. The first-order valence-electron chi connectivity index (χ1n) is 7.50. The van der Waals surface area contributed by atoms with Gasteiger partial charge < -0.3 is 9.73 Å². The van der Waals surface area contributed by atoms with Gasteiger partial charge in [0.25, 0.3) is 0 Å². The summed E-state index contributed by atoms with van der Waals surface area (Å²) >= 11 is 0. The van der Waals surface area contributed by atoms with Crippen LogP contribution in [0.15, 0.2) is 40.8 Å². The van der Waals surface area contributed by atoms with Crippen molar-refractivity contribution in [3.63, 3.8) is 0 Å². The van der Waals surface area contributed by atoms with Gasteiger partial charge >= 0.3 is 0 Å². The Bertz CT molecular complexity index is 558. The van der Waals surface area contributed by atoms with E-state index >= 15 is 0 Å². The minimum absolute atomic E-state index is 0.232. The molecule has 0 spiro atoms. The van der Waals surface area contributed by atoms with E-state index in [1.54, 1.807) is 12.1 Å². The first-order chi connectivity index (χ1) is 9.83. The van der Waals surface area contributed by atoms with E-state index in [1.165, 1.54) is 38.2 Å². The predicted octanol–water partition coefficient (Wildman–Crippen LogP) is 3.48. The van der Waals surface area contributed by atoms with Gasteiger partial charge in [0.15, 0.2) is 5.76 Å². The number of quaternary nitrogens is 1. The molecule has 1 fully saturated rings. The molecule has 2 aromatic rings. The molecule has 0 atom stereocenters. The fraction of sp³-hybridized carbons (Fsp3) is 0.412. The van der Waals surface area contributed by atoms with Gasteiger partial charge in [0.05, 0.1) is 11.6 Å². The van der Waals surface area contributed by atoms with Crippen LogP contribution in [0.2, 0.25) is 0 Å². The highest BCUT2D eigenvalue weighted by atomic mass is 19.1. The van der Waals surface area contributed by atoms with E-state index in [0.29, 0.717) is 11.3 Å². The molecule has 0 bridgehead atoms. The minimum Gasteiger partial charge on any atom is -0.455 e. The number of hydrogen-bond donors (Lipinski definition) is 1. The number of hydrogen-bond acceptors (Lipinski definition) is 1. The monoisotopic (exact) mass is 274 g/mol. The van der Waals surface area contributed by atoms with Crippen molar-refractivity contribution in [3.8, 4) is 11.3 Å². The second kappa shape index (κ2) is 6.23. The standard InChI is InChI=1S/C17H20FNO/c18-16-9-5-4-8-15(16)17-11-10-14(20-17)12-19-13-6-2-1-3-7-13/h4-5,8-11,13,19H,1-3,6-7,12H2/p+1. The van der Waals surface area contributed by atoms with Gasteiger partial charge in [-0.15, -0.1) is 0 Å². The Kier molecular flexibility index (Phi) is 4.16. The van der Waals surface area contributed by atoms with Gasteiger partial charge in [0.2, 0.25) is 0 Å². The SMILES string of the molecule is Fc1ccccc1-c1ccc(C[NH2+]C2CCCCC2)o1. The van der Waals surface area contributed by atoms with E-state index in [2.05, 4.69) is 5.32 Å². The summed E-state index contributed by atoms with van der Waals surface area (Å²) in [6, 6.07) is 11.3. The third-order valence-electron chi connectivity index (χ3n) is 4.10. The molecule has 1 saturated carbocycles. The second-order valence-electron chi connectivity index (χ2n) is 5.58. The molecule has 1 aromatic carbocycles. The second-order valence-corrected chi connectivity index (χ2v) is 5.58. The average Bonchev–Trinajstić information content (AvgIpc) is 2.95. The van der Waals surface area contributed by atoms with Gasteiger partial charge in [-0.1, -0.05) is 18.6 Å². The maximum absolute atomic E-state index is 13.7. The van der Waals surface area contributed by atoms with Gasteiger partial charge in [-0.2, -0.15) is 0 Å². The first-order valence-corrected chi connectivity index (χ1v) is 7.50. The third kappa shape index (κ3) is 3.10. The Morgan fingerprint density at radius 3 is 2.65 bits per heavy atom. The first kappa shape index (κ1) is 13.4. The van der Waals surface area contributed by atoms with Crippen molar-refractivity contribution in [2.24, 2.45) is 0 Å². The lowest BCUT2D eigenvalue weighted by atomic mass is 9.95. The lowest BCUT2D eigenvalue weighted by Crippen LogP contribution is -2.88. The van der Waals surface area contributed by atoms with Crippen LogP contribution in [-0.2, 0) is 6.54 Å². The summed E-state index contributed by atoms with van der Waals surface area (Å²) < 4.78 is 19.5. The highest BCUT2D eigenvalue weighted by Gasteiger charge is 2.17. The van der Waals surface area contributed by atoms with Crippen LogP contribution >= 0.6 is 0 Å². The zero-order valence-electron chi connectivity index (χ0n) is 11.6. The van der Waals surface area contributed by atoms with Gasteiger partial charge in [-0.3, -0.25) is 0 Å². The molecule has 0 aliphatic heterocycles. The van der Waals surface area contributed by atoms with Crippen LogP contribution in [-0.4, -0.2) is 6.04 Å². The molecular formula is C17H21FNO+. The number of halogens is 1. The topological polar surface area (TPSA) is 29.8 Å². The molecule has 0 saturated heterocycles. The molecule has 106 valence electrons. The summed E-state index contributed by atoms with van der Waals surface area (Å²) in [5, 5.41) is 2.36. The van der Waals surface area contributed by atoms with Crippen molar-refractivity contribution in [1.29, 1.82) is 0 Å². The highest BCUT2D eigenvalue weighted by molar-refractivity contribution is 5.58. The highest BCUT2D eigenvalue weighted by Crippen LogP contribution is 2.24. The molecule has 20 heavy (non-hydrogen) atoms. The maximum atomic E-state index is 13.7. The van der Waals surface area contributed by atoms with Crippen LogP contribution in [0.4, 0.5) is 4.39 Å². The molecule has 3 rings (SSSR count). The molecule has 0 radical (unpaired) electrons. The number of furan rings is 1. The molecule has 2 N–H and O–H groups in total. The Labute approximate surface area is 119 Å². The maximum Gasteiger partial charge on any atom is 0.158 e. The van der Waals surface area contributed by atoms with Gasteiger partial charge in [-0.05, 0) is 49.9 Å². The third-order valence-corrected chi connectivity index (χ3v) is 4.10. The van der Waals surface area contributed by atoms with Crippen LogP contribution < -0.4 is 5.32 Å². The van der Waals surface area contributed by atoms with Crippen molar-refractivity contribution >= 4 is 0 Å². The average molecular weight is 274 g/mol. The van der Waals surface area contributed by atoms with Crippen molar-refractivity contribution in [2.75, 3.05) is 0 Å². The molecule has 0 amide bonds. The Hall–Kier alpha value is -1.61. The summed E-state index contributed by atoms with van der Waals surface area (Å²) in [5.41, 5.74) is 0.538. The summed E-state index contributed by atoms with van der Waals surface area (Å²) in [6.07, 6.45) is 6.68. The fourth-order valence-electron chi connectivity index (χ4n) is 2.95. The van der Waals surface area contributed by atoms with E-state index in [9.17, 15) is 4.39 Å². The van der Waals surface area contributed by atoms with Crippen molar-refractivity contribution < 1.29 is 14.1 Å². The van der Waals surface area contributed by atoms with Gasteiger partial charge in [0, 0.05) is 0 Å². The Balaban J connectivity index is 1.63. The summed E-state index contributed by atoms with van der Waals surface area (Å²) in [5.74, 6) is 1.31. The summed E-state index contributed by atoms with van der Waals surface area (Å²) in [7, 11) is 0. The lowest BCUT2D eigenvalue weighted by Gasteiger charge is -2.19. The smallest absolute Gasteiger partial charge is 0.158 e. The van der Waals surface area contributed by atoms with Crippen LogP contribution in [0.1, 0.15) is 37.9 Å². The van der Waals surface area contributed by atoms with Crippen LogP contribution in [0.5, 0.6) is 0 Å². The van der Waals surface area contributed by atoms with Crippen molar-refractivity contribution in [3.05, 3.63) is 48.0 Å². The number of benzene rings is 1. The molecular weight excluding hydrogens is 253 g/mol. The molecule has 1 heterocycles. The zero-order chi connectivity index (χ0) is 13.8. The summed E-state index contributed by atoms with van der Waals surface area (Å²) in [6.45, 7) is 0.846. The van der Waals surface area contributed by atoms with Crippen LogP contribution in [0.3, 0.4) is 0 Å². The van der Waals surface area contributed by atoms with E-state index in [1.807, 2.05) is 18.2 Å². The summed E-state index contributed by atoms with van der Waals surface area (Å²) in [4.78, 5) is 0. The molecule has 1 aliphatic rings. The largest absolute Gasteiger partial charge is 0.455 e. The Morgan fingerprint density at radius 1 is 1.05 bits per heavy atom. The van der Waals surface area contributed by atoms with Gasteiger partial charge in [-0.25, -0.2) is 4.39 Å². The van der Waals surface area contributed by atoms with Crippen LogP contribution in [0.25, 0.3) is 11.3 Å². The van der Waals surface area contributed by atoms with E-state index in [0.717, 1.165) is 18.3 Å². The van der Waals surface area contributed by atoms with E-state index in [-0.39, 0.29) is 5.82 Å². The molecule has 0 unspecified atom stereocenters. The quantitative estimate of drug-likeness (QED) is 0.908. The predicted molar refractivity (Wildman–Crippen MR) is 76.6 cm³/mol. The zero-order valence-corrected chi connectivity index (χ0v) is 11.6. The minimum atomic E-state index is -0.232. The molecule has 2 nitrogen and oxygen atoms in total. The molecule has 3 heteroatoms. The van der Waals surface area contributed by atoms with Crippen LogP contribution in [0, 0.1) is 5.82 Å². The molecule has 1 aliphatic carbocycles. The Morgan fingerprint density at radius 2 is 1.85 bits per heavy atom. The van der Waals surface area contributed by atoms with E-state index in [4.69, 9.17) is 4.42 Å². The lowest BCUT2D eigenvalue weighted by molar-refractivity contribution is -0.708. The van der Waals surface area contributed by atoms with Gasteiger partial charge in [0.1, 0.15) is 18.1 Å². The van der Waals surface area contributed by atoms with Crippen molar-refractivity contribution in [2.45, 2.75) is 44.7 Å². The van der Waals surface area contributed by atoms with E-state index < -0.39 is 0 Å². The fourth-order valence-corrected chi connectivity index (χ4v) is 2.95. The van der Waals surface area contributed by atoms with Crippen molar-refractivity contribution in [1.82, 2.24) is 0 Å².